The van der Waals surface area contributed by atoms with Crippen molar-refractivity contribution in [1.29, 1.82) is 0 Å². The monoisotopic (exact) mass is 247 g/mol. The molecule has 0 radical (unpaired) electrons. The molecule has 2 heterocycles. The summed E-state index contributed by atoms with van der Waals surface area (Å²) in [6, 6.07) is 4.54. The molecular formula is C13H21N5. The molecule has 2 rings (SSSR count). The Morgan fingerprint density at radius 3 is 2.61 bits per heavy atom. The first kappa shape index (κ1) is 12.8. The van der Waals surface area contributed by atoms with Crippen molar-refractivity contribution in [3.05, 3.63) is 35.4 Å². The lowest BCUT2D eigenvalue weighted by atomic mass is 10.1. The highest BCUT2D eigenvalue weighted by molar-refractivity contribution is 5.13. The van der Waals surface area contributed by atoms with Crippen LogP contribution in [-0.2, 0) is 20.5 Å². The van der Waals surface area contributed by atoms with Crippen LogP contribution in [0.4, 0.5) is 0 Å². The molecule has 98 valence electrons. The van der Waals surface area contributed by atoms with Crippen molar-refractivity contribution in [1.82, 2.24) is 24.9 Å². The molecule has 0 saturated carbocycles. The van der Waals surface area contributed by atoms with Crippen LogP contribution in [0.15, 0.2) is 18.3 Å². The fraction of sp³-hybridized carbons (Fsp3) is 0.538. The van der Waals surface area contributed by atoms with Gasteiger partial charge in [0.1, 0.15) is 0 Å². The number of hydrogen-bond donors (Lipinski definition) is 1. The first-order valence-electron chi connectivity index (χ1n) is 6.26. The van der Waals surface area contributed by atoms with Crippen LogP contribution in [0.3, 0.4) is 0 Å². The van der Waals surface area contributed by atoms with Crippen LogP contribution in [0.5, 0.6) is 0 Å². The number of aryl methyl sites for hydroxylation is 4. The predicted molar refractivity (Wildman–Crippen MR) is 71.3 cm³/mol. The lowest BCUT2D eigenvalue weighted by Gasteiger charge is -2.16. The first-order chi connectivity index (χ1) is 8.61. The Labute approximate surface area is 108 Å². The van der Waals surface area contributed by atoms with Gasteiger partial charge in [-0.15, -0.1) is 0 Å². The lowest BCUT2D eigenvalue weighted by molar-refractivity contribution is 0.498. The molecule has 0 aromatic carbocycles. The molecule has 1 N–H and O–H groups in total. The van der Waals surface area contributed by atoms with Gasteiger partial charge in [0.2, 0.25) is 0 Å². The summed E-state index contributed by atoms with van der Waals surface area (Å²) < 4.78 is 3.89. The quantitative estimate of drug-likeness (QED) is 0.867. The molecule has 18 heavy (non-hydrogen) atoms. The Bertz CT molecular complexity index is 511. The van der Waals surface area contributed by atoms with E-state index in [2.05, 4.69) is 27.6 Å². The standard InChI is InChI=1S/C13H21N5/c1-10-9-13(18(4)16-10)12(14-2)6-5-11-7-8-15-17(11)3/h7-9,12,14H,5-6H2,1-4H3. The van der Waals surface area contributed by atoms with Crippen molar-refractivity contribution in [2.45, 2.75) is 25.8 Å². The maximum absolute atomic E-state index is 4.40. The van der Waals surface area contributed by atoms with E-state index in [1.165, 1.54) is 11.4 Å². The van der Waals surface area contributed by atoms with Crippen LogP contribution in [-0.4, -0.2) is 26.6 Å². The maximum Gasteiger partial charge on any atom is 0.0597 e. The van der Waals surface area contributed by atoms with Crippen molar-refractivity contribution >= 4 is 0 Å². The van der Waals surface area contributed by atoms with E-state index in [1.807, 2.05) is 43.6 Å². The average Bonchev–Trinajstić information content (AvgIpc) is 2.87. The van der Waals surface area contributed by atoms with Gasteiger partial charge in [-0.1, -0.05) is 0 Å². The molecule has 0 amide bonds. The molecular weight excluding hydrogens is 226 g/mol. The van der Waals surface area contributed by atoms with Crippen molar-refractivity contribution in [3.8, 4) is 0 Å². The second-order valence-corrected chi connectivity index (χ2v) is 4.66. The zero-order valence-electron chi connectivity index (χ0n) is 11.5. The summed E-state index contributed by atoms with van der Waals surface area (Å²) >= 11 is 0. The number of nitrogens with one attached hydrogen (secondary N) is 1. The molecule has 0 spiro atoms. The molecule has 2 aromatic rings. The fourth-order valence-corrected chi connectivity index (χ4v) is 2.34. The number of rotatable bonds is 5. The van der Waals surface area contributed by atoms with Gasteiger partial charge in [-0.3, -0.25) is 9.36 Å². The minimum absolute atomic E-state index is 0.325. The maximum atomic E-state index is 4.40. The van der Waals surface area contributed by atoms with Crippen molar-refractivity contribution in [2.24, 2.45) is 14.1 Å². The van der Waals surface area contributed by atoms with Crippen molar-refractivity contribution in [2.75, 3.05) is 7.05 Å². The Morgan fingerprint density at radius 2 is 2.11 bits per heavy atom. The van der Waals surface area contributed by atoms with Gasteiger partial charge in [0.05, 0.1) is 11.4 Å². The zero-order valence-corrected chi connectivity index (χ0v) is 11.5. The summed E-state index contributed by atoms with van der Waals surface area (Å²) in [4.78, 5) is 0. The molecule has 0 aliphatic carbocycles. The number of hydrogen-bond acceptors (Lipinski definition) is 3. The zero-order chi connectivity index (χ0) is 13.1. The van der Waals surface area contributed by atoms with Crippen molar-refractivity contribution in [3.63, 3.8) is 0 Å². The molecule has 2 aromatic heterocycles. The molecule has 0 aliphatic rings. The van der Waals surface area contributed by atoms with E-state index in [1.54, 1.807) is 0 Å². The normalized spacial score (nSPS) is 12.9. The van der Waals surface area contributed by atoms with Crippen molar-refractivity contribution < 1.29 is 0 Å². The highest BCUT2D eigenvalue weighted by Gasteiger charge is 2.14. The minimum Gasteiger partial charge on any atom is -0.312 e. The van der Waals surface area contributed by atoms with E-state index in [9.17, 15) is 0 Å². The predicted octanol–water partition coefficient (Wildman–Crippen LogP) is 1.36. The minimum atomic E-state index is 0.325. The molecule has 0 bridgehead atoms. The summed E-state index contributed by atoms with van der Waals surface area (Å²) in [6.45, 7) is 2.03. The van der Waals surface area contributed by atoms with Gasteiger partial charge in [-0.25, -0.2) is 0 Å². The van der Waals surface area contributed by atoms with Gasteiger partial charge in [0, 0.05) is 32.0 Å². The van der Waals surface area contributed by atoms with Crippen LogP contribution >= 0.6 is 0 Å². The highest BCUT2D eigenvalue weighted by Crippen LogP contribution is 2.19. The summed E-state index contributed by atoms with van der Waals surface area (Å²) in [5, 5.41) is 12.0. The average molecular weight is 247 g/mol. The second-order valence-electron chi connectivity index (χ2n) is 4.66. The Balaban J connectivity index is 2.06. The SMILES string of the molecule is CNC(CCc1ccnn1C)c1cc(C)nn1C. The third-order valence-corrected chi connectivity index (χ3v) is 3.36. The molecule has 5 nitrogen and oxygen atoms in total. The third kappa shape index (κ3) is 2.61. The topological polar surface area (TPSA) is 47.7 Å². The molecule has 0 aliphatic heterocycles. The van der Waals surface area contributed by atoms with E-state index in [-0.39, 0.29) is 0 Å². The Morgan fingerprint density at radius 1 is 1.33 bits per heavy atom. The number of aromatic nitrogens is 4. The number of nitrogens with zero attached hydrogens (tertiary/aromatic N) is 4. The van der Waals surface area contributed by atoms with E-state index < -0.39 is 0 Å². The lowest BCUT2D eigenvalue weighted by Crippen LogP contribution is -2.20. The molecule has 5 heteroatoms. The van der Waals surface area contributed by atoms with Gasteiger partial charge in [0.25, 0.3) is 0 Å². The van der Waals surface area contributed by atoms with Crippen LogP contribution in [0.25, 0.3) is 0 Å². The highest BCUT2D eigenvalue weighted by atomic mass is 15.3. The summed E-state index contributed by atoms with van der Waals surface area (Å²) in [7, 11) is 5.98. The fourth-order valence-electron chi connectivity index (χ4n) is 2.34. The van der Waals surface area contributed by atoms with Crippen LogP contribution in [0.2, 0.25) is 0 Å². The van der Waals surface area contributed by atoms with Crippen LogP contribution < -0.4 is 5.32 Å². The summed E-state index contributed by atoms with van der Waals surface area (Å²) in [6.07, 6.45) is 3.89. The molecule has 1 unspecified atom stereocenters. The van der Waals surface area contributed by atoms with Gasteiger partial charge in [0.15, 0.2) is 0 Å². The van der Waals surface area contributed by atoms with Crippen LogP contribution in [0, 0.1) is 6.92 Å². The van der Waals surface area contributed by atoms with Gasteiger partial charge in [-0.05, 0) is 38.9 Å². The Hall–Kier alpha value is -1.62. The van der Waals surface area contributed by atoms with Gasteiger partial charge >= 0.3 is 0 Å². The van der Waals surface area contributed by atoms with E-state index in [0.29, 0.717) is 6.04 Å². The third-order valence-electron chi connectivity index (χ3n) is 3.36. The van der Waals surface area contributed by atoms with E-state index in [4.69, 9.17) is 0 Å². The first-order valence-corrected chi connectivity index (χ1v) is 6.26. The second kappa shape index (κ2) is 5.35. The summed E-state index contributed by atoms with van der Waals surface area (Å²) in [5.74, 6) is 0. The smallest absolute Gasteiger partial charge is 0.0597 e. The largest absolute Gasteiger partial charge is 0.312 e. The van der Waals surface area contributed by atoms with Gasteiger partial charge in [-0.2, -0.15) is 10.2 Å². The Kier molecular flexibility index (Phi) is 3.81. The molecule has 1 atom stereocenters. The van der Waals surface area contributed by atoms with E-state index in [0.717, 1.165) is 18.5 Å². The van der Waals surface area contributed by atoms with Crippen LogP contribution in [0.1, 0.15) is 29.5 Å². The summed E-state index contributed by atoms with van der Waals surface area (Å²) in [5.41, 5.74) is 3.56. The van der Waals surface area contributed by atoms with E-state index >= 15 is 0 Å². The van der Waals surface area contributed by atoms with Gasteiger partial charge < -0.3 is 5.32 Å². The molecule has 0 saturated heterocycles. The molecule has 0 fully saturated rings.